The van der Waals surface area contributed by atoms with E-state index in [4.69, 9.17) is 5.11 Å². The first-order chi connectivity index (χ1) is 10.8. The summed E-state index contributed by atoms with van der Waals surface area (Å²) in [6.45, 7) is 3.56. The molecule has 2 aliphatic carbocycles. The minimum atomic E-state index is -0.942. The molecular weight excluding hydrogens is 296 g/mol. The summed E-state index contributed by atoms with van der Waals surface area (Å²) in [5.74, 6) is -2.52. The van der Waals surface area contributed by atoms with Crippen molar-refractivity contribution in [2.75, 3.05) is 5.32 Å². The van der Waals surface area contributed by atoms with Gasteiger partial charge in [0.1, 0.15) is 0 Å². The summed E-state index contributed by atoms with van der Waals surface area (Å²) in [4.78, 5) is 35.2. The molecule has 0 bridgehead atoms. The Morgan fingerprint density at radius 1 is 1.09 bits per heavy atom. The van der Waals surface area contributed by atoms with Crippen LogP contribution in [-0.2, 0) is 9.59 Å². The smallest absolute Gasteiger partial charge is 0.307 e. The molecule has 1 aromatic rings. The fourth-order valence-electron chi connectivity index (χ4n) is 3.01. The fourth-order valence-corrected chi connectivity index (χ4v) is 3.01. The Bertz CT molecular complexity index is 662. The topological polar surface area (TPSA) is 95.5 Å². The van der Waals surface area contributed by atoms with E-state index in [9.17, 15) is 14.4 Å². The Kier molecular flexibility index (Phi) is 3.62. The second-order valence-corrected chi connectivity index (χ2v) is 6.93. The number of carbonyl (C=O) groups excluding carboxylic acids is 2. The van der Waals surface area contributed by atoms with E-state index in [0.29, 0.717) is 17.3 Å². The molecule has 6 heteroatoms. The van der Waals surface area contributed by atoms with Crippen LogP contribution < -0.4 is 10.6 Å². The van der Waals surface area contributed by atoms with Crippen molar-refractivity contribution in [3.63, 3.8) is 0 Å². The van der Waals surface area contributed by atoms with E-state index in [1.807, 2.05) is 0 Å². The third kappa shape index (κ3) is 3.06. The highest BCUT2D eigenvalue weighted by molar-refractivity contribution is 6.00. The zero-order valence-corrected chi connectivity index (χ0v) is 13.1. The summed E-state index contributed by atoms with van der Waals surface area (Å²) >= 11 is 0. The Morgan fingerprint density at radius 3 is 2.17 bits per heavy atom. The van der Waals surface area contributed by atoms with Crippen LogP contribution in [0.5, 0.6) is 0 Å². The van der Waals surface area contributed by atoms with Crippen LogP contribution in [0.25, 0.3) is 0 Å². The first-order valence-electron chi connectivity index (χ1n) is 7.75. The van der Waals surface area contributed by atoms with Gasteiger partial charge in [0.25, 0.3) is 5.91 Å². The number of carboxylic acids is 1. The van der Waals surface area contributed by atoms with Crippen molar-refractivity contribution < 1.29 is 19.5 Å². The summed E-state index contributed by atoms with van der Waals surface area (Å²) in [5.41, 5.74) is 0.579. The number of benzene rings is 1. The molecule has 122 valence electrons. The van der Waals surface area contributed by atoms with Gasteiger partial charge in [0, 0.05) is 17.3 Å². The number of rotatable bonds is 5. The van der Waals surface area contributed by atoms with Gasteiger partial charge >= 0.3 is 5.97 Å². The van der Waals surface area contributed by atoms with Crippen molar-refractivity contribution in [2.24, 2.45) is 17.3 Å². The first kappa shape index (κ1) is 15.5. The molecule has 0 spiro atoms. The molecule has 0 saturated heterocycles. The van der Waals surface area contributed by atoms with Gasteiger partial charge in [0.15, 0.2) is 0 Å². The maximum Gasteiger partial charge on any atom is 0.307 e. The number of hydrogen-bond donors (Lipinski definition) is 3. The lowest BCUT2D eigenvalue weighted by atomic mass is 10.1. The van der Waals surface area contributed by atoms with Crippen molar-refractivity contribution in [3.05, 3.63) is 29.8 Å². The monoisotopic (exact) mass is 316 g/mol. The van der Waals surface area contributed by atoms with Gasteiger partial charge in [-0.05, 0) is 42.5 Å². The van der Waals surface area contributed by atoms with E-state index in [0.717, 1.165) is 12.8 Å². The van der Waals surface area contributed by atoms with Crippen molar-refractivity contribution >= 4 is 23.5 Å². The van der Waals surface area contributed by atoms with E-state index < -0.39 is 23.2 Å². The highest BCUT2D eigenvalue weighted by atomic mass is 16.4. The number of aliphatic carboxylic acids is 1. The summed E-state index contributed by atoms with van der Waals surface area (Å²) in [7, 11) is 0. The standard InChI is InChI=1S/C17H20N2O4/c1-17(2)12(13(17)16(22)23)15(21)19-10-5-3-9(4-6-10)14(20)18-11-7-8-11/h3-6,11-13H,7-8H2,1-2H3,(H,18,20)(H,19,21)(H,22,23). The second kappa shape index (κ2) is 5.37. The molecule has 0 radical (unpaired) electrons. The summed E-state index contributed by atoms with van der Waals surface area (Å²) in [6, 6.07) is 6.92. The Balaban J connectivity index is 1.61. The number of carboxylic acid groups (broad SMARTS) is 1. The number of hydrogen-bond acceptors (Lipinski definition) is 3. The van der Waals surface area contributed by atoms with Gasteiger partial charge in [-0.25, -0.2) is 0 Å². The second-order valence-electron chi connectivity index (χ2n) is 6.93. The van der Waals surface area contributed by atoms with Crippen molar-refractivity contribution in [2.45, 2.75) is 32.7 Å². The van der Waals surface area contributed by atoms with Crippen molar-refractivity contribution in [1.82, 2.24) is 5.32 Å². The maximum atomic E-state index is 12.2. The molecule has 3 N–H and O–H groups in total. The molecule has 23 heavy (non-hydrogen) atoms. The summed E-state index contributed by atoms with van der Waals surface area (Å²) in [5, 5.41) is 14.8. The lowest BCUT2D eigenvalue weighted by molar-refractivity contribution is -0.140. The molecule has 2 fully saturated rings. The van der Waals surface area contributed by atoms with E-state index in [2.05, 4.69) is 10.6 Å². The average Bonchev–Trinajstić information content (AvgIpc) is 3.36. The van der Waals surface area contributed by atoms with Crippen LogP contribution in [0.3, 0.4) is 0 Å². The third-order valence-electron chi connectivity index (χ3n) is 4.70. The third-order valence-corrected chi connectivity index (χ3v) is 4.70. The van der Waals surface area contributed by atoms with Crippen LogP contribution in [0.1, 0.15) is 37.0 Å². The lowest BCUT2D eigenvalue weighted by Crippen LogP contribution is -2.25. The van der Waals surface area contributed by atoms with Crippen LogP contribution in [0, 0.1) is 17.3 Å². The molecule has 0 heterocycles. The number of anilines is 1. The molecule has 3 rings (SSSR count). The molecule has 0 aliphatic heterocycles. The summed E-state index contributed by atoms with van der Waals surface area (Å²) < 4.78 is 0. The Labute approximate surface area is 134 Å². The molecule has 2 aliphatic rings. The predicted octanol–water partition coefficient (Wildman–Crippen LogP) is 1.87. The lowest BCUT2D eigenvalue weighted by Gasteiger charge is -2.07. The van der Waals surface area contributed by atoms with Gasteiger partial charge in [0.2, 0.25) is 5.91 Å². The number of nitrogens with one attached hydrogen (secondary N) is 2. The van der Waals surface area contributed by atoms with E-state index in [1.165, 1.54) is 0 Å². The molecule has 2 unspecified atom stereocenters. The zero-order chi connectivity index (χ0) is 16.8. The normalized spacial score (nSPS) is 24.6. The Morgan fingerprint density at radius 2 is 1.70 bits per heavy atom. The van der Waals surface area contributed by atoms with Crippen molar-refractivity contribution in [1.29, 1.82) is 0 Å². The van der Waals surface area contributed by atoms with Crippen LogP contribution >= 0.6 is 0 Å². The predicted molar refractivity (Wildman–Crippen MR) is 84.0 cm³/mol. The average molecular weight is 316 g/mol. The van der Waals surface area contributed by atoms with Gasteiger partial charge in [0.05, 0.1) is 11.8 Å². The van der Waals surface area contributed by atoms with E-state index in [1.54, 1.807) is 38.1 Å². The van der Waals surface area contributed by atoms with E-state index >= 15 is 0 Å². The number of carbonyl (C=O) groups is 3. The molecule has 2 atom stereocenters. The minimum absolute atomic E-state index is 0.111. The van der Waals surface area contributed by atoms with Gasteiger partial charge < -0.3 is 15.7 Å². The summed E-state index contributed by atoms with van der Waals surface area (Å²) in [6.07, 6.45) is 2.06. The molecule has 2 saturated carbocycles. The van der Waals surface area contributed by atoms with Gasteiger partial charge in [-0.1, -0.05) is 13.8 Å². The van der Waals surface area contributed by atoms with Gasteiger partial charge in [-0.15, -0.1) is 0 Å². The highest BCUT2D eigenvalue weighted by Gasteiger charge is 2.65. The molecule has 1 aromatic carbocycles. The number of amides is 2. The molecule has 6 nitrogen and oxygen atoms in total. The largest absolute Gasteiger partial charge is 0.481 e. The highest BCUT2D eigenvalue weighted by Crippen LogP contribution is 2.58. The van der Waals surface area contributed by atoms with Gasteiger partial charge in [-0.2, -0.15) is 0 Å². The molecule has 0 aromatic heterocycles. The quantitative estimate of drug-likeness (QED) is 0.773. The van der Waals surface area contributed by atoms with Crippen molar-refractivity contribution in [3.8, 4) is 0 Å². The van der Waals surface area contributed by atoms with Crippen LogP contribution in [0.2, 0.25) is 0 Å². The SMILES string of the molecule is CC1(C)C(C(=O)O)C1C(=O)Nc1ccc(C(=O)NC2CC2)cc1. The zero-order valence-electron chi connectivity index (χ0n) is 13.1. The maximum absolute atomic E-state index is 12.2. The molecule has 2 amide bonds. The minimum Gasteiger partial charge on any atom is -0.481 e. The Hall–Kier alpha value is -2.37. The van der Waals surface area contributed by atoms with Crippen LogP contribution in [0.15, 0.2) is 24.3 Å². The van der Waals surface area contributed by atoms with E-state index in [-0.39, 0.29) is 11.8 Å². The first-order valence-corrected chi connectivity index (χ1v) is 7.75. The fraction of sp³-hybridized carbons (Fsp3) is 0.471. The van der Waals surface area contributed by atoms with Crippen LogP contribution in [-0.4, -0.2) is 28.9 Å². The van der Waals surface area contributed by atoms with Gasteiger partial charge in [-0.3, -0.25) is 14.4 Å². The molecular formula is C17H20N2O4. The van der Waals surface area contributed by atoms with Crippen LogP contribution in [0.4, 0.5) is 5.69 Å².